The van der Waals surface area contributed by atoms with Crippen molar-refractivity contribution in [2.75, 3.05) is 16.8 Å². The Kier molecular flexibility index (Phi) is 6.00. The van der Waals surface area contributed by atoms with Crippen LogP contribution in [0.15, 0.2) is 42.5 Å². The highest BCUT2D eigenvalue weighted by Gasteiger charge is 2.40. The van der Waals surface area contributed by atoms with Gasteiger partial charge in [0.1, 0.15) is 6.04 Å². The summed E-state index contributed by atoms with van der Waals surface area (Å²) in [4.78, 5) is 60.4. The summed E-state index contributed by atoms with van der Waals surface area (Å²) in [5.41, 5.74) is -0.0433. The first-order chi connectivity index (χ1) is 14.7. The molecule has 3 N–H and O–H groups in total. The lowest BCUT2D eigenvalue weighted by Gasteiger charge is -2.17. The van der Waals surface area contributed by atoms with Gasteiger partial charge in [-0.3, -0.25) is 9.59 Å². The Morgan fingerprint density at radius 2 is 1.58 bits per heavy atom. The van der Waals surface area contributed by atoms with Crippen LogP contribution < -0.4 is 10.2 Å². The molecule has 31 heavy (non-hydrogen) atoms. The zero-order valence-electron chi connectivity index (χ0n) is 16.3. The first-order valence-corrected chi connectivity index (χ1v) is 9.23. The number of carbonyl (C=O) groups excluding carboxylic acids is 3. The Labute approximate surface area is 176 Å². The van der Waals surface area contributed by atoms with E-state index in [1.807, 2.05) is 0 Å². The quantitative estimate of drug-likeness (QED) is 0.446. The van der Waals surface area contributed by atoms with E-state index in [1.165, 1.54) is 12.1 Å². The summed E-state index contributed by atoms with van der Waals surface area (Å²) < 4.78 is 4.90. The molecule has 2 amide bonds. The molecule has 1 saturated heterocycles. The van der Waals surface area contributed by atoms with Crippen molar-refractivity contribution in [1.82, 2.24) is 0 Å². The van der Waals surface area contributed by atoms with Crippen molar-refractivity contribution < 1.29 is 38.9 Å². The van der Waals surface area contributed by atoms with Gasteiger partial charge in [-0.1, -0.05) is 0 Å². The highest BCUT2D eigenvalue weighted by molar-refractivity contribution is 6.23. The fourth-order valence-electron chi connectivity index (χ4n) is 3.12. The average Bonchev–Trinajstić information content (AvgIpc) is 3.01. The summed E-state index contributed by atoms with van der Waals surface area (Å²) in [5.74, 6) is -4.53. The highest BCUT2D eigenvalue weighted by Crippen LogP contribution is 2.27. The number of ether oxygens (including phenoxy) is 1. The van der Waals surface area contributed by atoms with Crippen molar-refractivity contribution in [1.29, 1.82) is 0 Å². The van der Waals surface area contributed by atoms with Gasteiger partial charge < -0.3 is 20.3 Å². The van der Waals surface area contributed by atoms with Gasteiger partial charge in [-0.15, -0.1) is 0 Å². The normalized spacial score (nSPS) is 15.6. The minimum Gasteiger partial charge on any atom is -0.478 e. The second-order valence-electron chi connectivity index (χ2n) is 6.65. The SMILES string of the molecule is CCOC(=O)c1ccc(NC2CC(=O)N(c3cc(C(=O)O)cc(C(=O)O)c3)C2=O)cc1. The first-order valence-electron chi connectivity index (χ1n) is 9.23. The molecule has 1 fully saturated rings. The van der Waals surface area contributed by atoms with Gasteiger partial charge in [0, 0.05) is 5.69 Å². The van der Waals surface area contributed by atoms with Crippen molar-refractivity contribution in [3.63, 3.8) is 0 Å². The monoisotopic (exact) mass is 426 g/mol. The number of anilines is 2. The van der Waals surface area contributed by atoms with Crippen molar-refractivity contribution in [3.8, 4) is 0 Å². The van der Waals surface area contributed by atoms with Crippen LogP contribution in [0, 0.1) is 0 Å². The second kappa shape index (κ2) is 8.66. The number of esters is 1. The Hall–Kier alpha value is -4.21. The van der Waals surface area contributed by atoms with Gasteiger partial charge in [0.05, 0.1) is 35.4 Å². The number of benzene rings is 2. The standard InChI is InChI=1S/C21H18N2O8/c1-2-31-21(30)11-3-5-14(6-4-11)22-16-10-17(24)23(18(16)25)15-8-12(19(26)27)7-13(9-15)20(28)29/h3-9,16,22H,2,10H2,1H3,(H,26,27)(H,28,29). The molecule has 10 heteroatoms. The van der Waals surface area contributed by atoms with E-state index >= 15 is 0 Å². The molecule has 0 radical (unpaired) electrons. The first kappa shape index (κ1) is 21.5. The maximum Gasteiger partial charge on any atom is 0.338 e. The van der Waals surface area contributed by atoms with Gasteiger partial charge >= 0.3 is 17.9 Å². The van der Waals surface area contributed by atoms with Crippen LogP contribution in [0.25, 0.3) is 0 Å². The zero-order valence-corrected chi connectivity index (χ0v) is 16.3. The van der Waals surface area contributed by atoms with Gasteiger partial charge in [0.15, 0.2) is 0 Å². The third kappa shape index (κ3) is 4.53. The molecular formula is C21H18N2O8. The lowest BCUT2D eigenvalue weighted by Crippen LogP contribution is -2.35. The Morgan fingerprint density at radius 3 is 2.10 bits per heavy atom. The number of imide groups is 1. The predicted molar refractivity (Wildman–Crippen MR) is 107 cm³/mol. The molecule has 0 spiro atoms. The number of nitrogens with zero attached hydrogens (tertiary/aromatic N) is 1. The molecule has 0 bridgehead atoms. The molecule has 1 atom stereocenters. The molecule has 160 valence electrons. The summed E-state index contributed by atoms with van der Waals surface area (Å²) >= 11 is 0. The van der Waals surface area contributed by atoms with Crippen LogP contribution in [0.1, 0.15) is 44.4 Å². The van der Waals surface area contributed by atoms with E-state index in [0.29, 0.717) is 11.3 Å². The molecule has 2 aromatic rings. The predicted octanol–water partition coefficient (Wildman–Crippen LogP) is 2.00. The number of hydrogen-bond acceptors (Lipinski definition) is 7. The van der Waals surface area contributed by atoms with Gasteiger partial charge in [-0.25, -0.2) is 19.3 Å². The largest absolute Gasteiger partial charge is 0.478 e. The van der Waals surface area contributed by atoms with E-state index < -0.39 is 35.8 Å². The van der Waals surface area contributed by atoms with Crippen molar-refractivity contribution in [2.45, 2.75) is 19.4 Å². The summed E-state index contributed by atoms with van der Waals surface area (Å²) in [6.07, 6.45) is -0.210. The topological polar surface area (TPSA) is 150 Å². The van der Waals surface area contributed by atoms with Crippen LogP contribution in [0.4, 0.5) is 11.4 Å². The third-order valence-electron chi connectivity index (χ3n) is 4.55. The molecule has 0 aromatic heterocycles. The molecular weight excluding hydrogens is 408 g/mol. The van der Waals surface area contributed by atoms with Crippen molar-refractivity contribution in [2.24, 2.45) is 0 Å². The number of carboxylic acid groups (broad SMARTS) is 2. The van der Waals surface area contributed by atoms with Crippen LogP contribution >= 0.6 is 0 Å². The molecule has 1 aliphatic rings. The molecule has 1 unspecified atom stereocenters. The minimum atomic E-state index is -1.39. The third-order valence-corrected chi connectivity index (χ3v) is 4.55. The summed E-state index contributed by atoms with van der Waals surface area (Å²) in [6, 6.07) is 8.27. The van der Waals surface area contributed by atoms with E-state index in [-0.39, 0.29) is 29.8 Å². The van der Waals surface area contributed by atoms with E-state index in [2.05, 4.69) is 5.32 Å². The molecule has 0 saturated carbocycles. The summed E-state index contributed by atoms with van der Waals surface area (Å²) in [5, 5.41) is 21.3. The average molecular weight is 426 g/mol. The number of nitrogens with one attached hydrogen (secondary N) is 1. The van der Waals surface area contributed by atoms with Gasteiger partial charge in [0.2, 0.25) is 5.91 Å². The minimum absolute atomic E-state index is 0.130. The molecule has 1 heterocycles. The van der Waals surface area contributed by atoms with E-state index in [1.54, 1.807) is 19.1 Å². The van der Waals surface area contributed by atoms with Crippen LogP contribution in [0.2, 0.25) is 0 Å². The van der Waals surface area contributed by atoms with Crippen molar-refractivity contribution in [3.05, 3.63) is 59.2 Å². The van der Waals surface area contributed by atoms with Crippen LogP contribution in [0.5, 0.6) is 0 Å². The fraction of sp³-hybridized carbons (Fsp3) is 0.190. The van der Waals surface area contributed by atoms with Crippen molar-refractivity contribution >= 4 is 41.1 Å². The summed E-state index contributed by atoms with van der Waals surface area (Å²) in [7, 11) is 0. The van der Waals surface area contributed by atoms with Crippen LogP contribution in [-0.4, -0.2) is 52.6 Å². The Balaban J connectivity index is 1.82. The van der Waals surface area contributed by atoms with Crippen LogP contribution in [0.3, 0.4) is 0 Å². The lowest BCUT2D eigenvalue weighted by atomic mass is 10.1. The van der Waals surface area contributed by atoms with Crippen LogP contribution in [-0.2, 0) is 14.3 Å². The number of hydrogen-bond donors (Lipinski definition) is 3. The number of rotatable bonds is 7. The van der Waals surface area contributed by atoms with E-state index in [4.69, 9.17) is 4.74 Å². The molecule has 3 rings (SSSR count). The number of amides is 2. The smallest absolute Gasteiger partial charge is 0.338 e. The molecule has 1 aliphatic heterocycles. The van der Waals surface area contributed by atoms with E-state index in [9.17, 15) is 34.2 Å². The highest BCUT2D eigenvalue weighted by atomic mass is 16.5. The molecule has 2 aromatic carbocycles. The fourth-order valence-corrected chi connectivity index (χ4v) is 3.12. The van der Waals surface area contributed by atoms with Gasteiger partial charge in [-0.2, -0.15) is 0 Å². The Bertz CT molecular complexity index is 1050. The van der Waals surface area contributed by atoms with Gasteiger partial charge in [0.25, 0.3) is 5.91 Å². The van der Waals surface area contributed by atoms with E-state index in [0.717, 1.165) is 23.1 Å². The number of aromatic carboxylic acids is 2. The molecule has 0 aliphatic carbocycles. The maximum atomic E-state index is 12.8. The summed E-state index contributed by atoms with van der Waals surface area (Å²) in [6.45, 7) is 1.92. The zero-order chi connectivity index (χ0) is 22.7. The maximum absolute atomic E-state index is 12.8. The second-order valence-corrected chi connectivity index (χ2v) is 6.65. The van der Waals surface area contributed by atoms with Gasteiger partial charge in [-0.05, 0) is 49.4 Å². The number of carboxylic acids is 2. The lowest BCUT2D eigenvalue weighted by molar-refractivity contribution is -0.121. The number of carbonyl (C=O) groups is 5. The molecule has 10 nitrogen and oxygen atoms in total. The Morgan fingerprint density at radius 1 is 1.00 bits per heavy atom.